The summed E-state index contributed by atoms with van der Waals surface area (Å²) in [6.45, 7) is 5.34. The van der Waals surface area contributed by atoms with Gasteiger partial charge in [0.2, 0.25) is 0 Å². The molecule has 0 amide bonds. The minimum atomic E-state index is 0.756. The van der Waals surface area contributed by atoms with Gasteiger partial charge in [0, 0.05) is 22.4 Å². The Morgan fingerprint density at radius 2 is 1.85 bits per heavy atom. The molecular formula is C18H21NS. The molecule has 1 saturated carbocycles. The molecule has 0 aliphatic heterocycles. The van der Waals surface area contributed by atoms with Crippen molar-refractivity contribution in [2.45, 2.75) is 49.1 Å². The molecule has 0 saturated heterocycles. The maximum absolute atomic E-state index is 3.63. The van der Waals surface area contributed by atoms with Crippen LogP contribution in [0.15, 0.2) is 52.3 Å². The average Bonchev–Trinajstić information content (AvgIpc) is 3.25. The lowest BCUT2D eigenvalue weighted by Gasteiger charge is -2.12. The summed E-state index contributed by atoms with van der Waals surface area (Å²) < 4.78 is 0. The van der Waals surface area contributed by atoms with Crippen LogP contribution in [0.4, 0.5) is 0 Å². The van der Waals surface area contributed by atoms with Crippen molar-refractivity contribution in [3.05, 3.63) is 59.2 Å². The van der Waals surface area contributed by atoms with Crippen LogP contribution in [0, 0.1) is 13.8 Å². The van der Waals surface area contributed by atoms with Crippen LogP contribution in [-0.4, -0.2) is 6.04 Å². The van der Waals surface area contributed by atoms with E-state index in [1.165, 1.54) is 39.3 Å². The minimum absolute atomic E-state index is 0.756. The first-order chi connectivity index (χ1) is 9.72. The Morgan fingerprint density at radius 1 is 1.05 bits per heavy atom. The first-order valence-corrected chi connectivity index (χ1v) is 8.10. The Balaban J connectivity index is 1.82. The van der Waals surface area contributed by atoms with Crippen LogP contribution in [0.1, 0.15) is 29.5 Å². The van der Waals surface area contributed by atoms with E-state index in [0.29, 0.717) is 0 Å². The summed E-state index contributed by atoms with van der Waals surface area (Å²) in [6, 6.07) is 16.1. The fourth-order valence-corrected chi connectivity index (χ4v) is 3.29. The van der Waals surface area contributed by atoms with Gasteiger partial charge < -0.3 is 5.32 Å². The summed E-state index contributed by atoms with van der Waals surface area (Å²) in [5.74, 6) is 0. The molecule has 1 aliphatic carbocycles. The van der Waals surface area contributed by atoms with Crippen LogP contribution in [0.25, 0.3) is 0 Å². The van der Waals surface area contributed by atoms with Gasteiger partial charge >= 0.3 is 0 Å². The molecule has 0 unspecified atom stereocenters. The SMILES string of the molecule is Cc1ccc(Sc2ccccc2C)c(CNC2CC2)c1. The zero-order chi connectivity index (χ0) is 13.9. The van der Waals surface area contributed by atoms with E-state index in [0.717, 1.165) is 12.6 Å². The molecule has 0 radical (unpaired) electrons. The topological polar surface area (TPSA) is 12.0 Å². The first kappa shape index (κ1) is 13.7. The second-order valence-electron chi connectivity index (χ2n) is 5.63. The summed E-state index contributed by atoms with van der Waals surface area (Å²) in [5.41, 5.74) is 4.11. The predicted octanol–water partition coefficient (Wildman–Crippen LogP) is 4.71. The largest absolute Gasteiger partial charge is 0.310 e. The second kappa shape index (κ2) is 6.02. The first-order valence-electron chi connectivity index (χ1n) is 7.29. The van der Waals surface area contributed by atoms with Crippen molar-refractivity contribution in [2.75, 3.05) is 0 Å². The molecule has 2 heteroatoms. The Kier molecular flexibility index (Phi) is 4.13. The molecule has 1 fully saturated rings. The average molecular weight is 283 g/mol. The predicted molar refractivity (Wildman–Crippen MR) is 86.3 cm³/mol. The van der Waals surface area contributed by atoms with Gasteiger partial charge in [0.15, 0.2) is 0 Å². The molecule has 1 nitrogen and oxygen atoms in total. The molecule has 1 aliphatic rings. The molecule has 104 valence electrons. The van der Waals surface area contributed by atoms with Crippen molar-refractivity contribution in [1.29, 1.82) is 0 Å². The van der Waals surface area contributed by atoms with Gasteiger partial charge in [-0.2, -0.15) is 0 Å². The molecule has 2 aromatic carbocycles. The molecule has 3 rings (SSSR count). The van der Waals surface area contributed by atoms with E-state index < -0.39 is 0 Å². The van der Waals surface area contributed by atoms with E-state index >= 15 is 0 Å². The van der Waals surface area contributed by atoms with Gasteiger partial charge in [-0.1, -0.05) is 47.7 Å². The monoisotopic (exact) mass is 283 g/mol. The summed E-state index contributed by atoms with van der Waals surface area (Å²) >= 11 is 1.88. The van der Waals surface area contributed by atoms with Gasteiger partial charge in [0.1, 0.15) is 0 Å². The standard InChI is InChI=1S/C18H21NS/c1-13-7-10-18(15(11-13)12-19-16-8-9-16)20-17-6-4-3-5-14(17)2/h3-7,10-11,16,19H,8-9,12H2,1-2H3. The third-order valence-electron chi connectivity index (χ3n) is 3.69. The van der Waals surface area contributed by atoms with Crippen molar-refractivity contribution in [3.8, 4) is 0 Å². The number of nitrogens with one attached hydrogen (secondary N) is 1. The lowest BCUT2D eigenvalue weighted by atomic mass is 10.1. The second-order valence-corrected chi connectivity index (χ2v) is 6.72. The highest BCUT2D eigenvalue weighted by Gasteiger charge is 2.20. The van der Waals surface area contributed by atoms with E-state index in [-0.39, 0.29) is 0 Å². The minimum Gasteiger partial charge on any atom is -0.310 e. The van der Waals surface area contributed by atoms with Gasteiger partial charge in [0.25, 0.3) is 0 Å². The van der Waals surface area contributed by atoms with Gasteiger partial charge in [-0.3, -0.25) is 0 Å². The molecular weight excluding hydrogens is 262 g/mol. The number of hydrogen-bond donors (Lipinski definition) is 1. The fourth-order valence-electron chi connectivity index (χ4n) is 2.28. The van der Waals surface area contributed by atoms with E-state index in [1.54, 1.807) is 0 Å². The van der Waals surface area contributed by atoms with Crippen LogP contribution in [-0.2, 0) is 6.54 Å². The smallest absolute Gasteiger partial charge is 0.0219 e. The maximum atomic E-state index is 3.63. The molecule has 0 bridgehead atoms. The molecule has 0 aromatic heterocycles. The van der Waals surface area contributed by atoms with Crippen molar-refractivity contribution >= 4 is 11.8 Å². The van der Waals surface area contributed by atoms with Crippen molar-refractivity contribution in [2.24, 2.45) is 0 Å². The third kappa shape index (κ3) is 3.44. The Bertz CT molecular complexity index is 602. The third-order valence-corrected chi connectivity index (χ3v) is 4.98. The summed E-state index contributed by atoms with van der Waals surface area (Å²) in [6.07, 6.45) is 2.68. The van der Waals surface area contributed by atoms with Gasteiger partial charge in [-0.05, 0) is 49.9 Å². The van der Waals surface area contributed by atoms with Crippen molar-refractivity contribution < 1.29 is 0 Å². The van der Waals surface area contributed by atoms with E-state index in [1.807, 2.05) is 11.8 Å². The van der Waals surface area contributed by atoms with Gasteiger partial charge in [-0.15, -0.1) is 0 Å². The number of hydrogen-bond acceptors (Lipinski definition) is 2. The molecule has 2 aromatic rings. The van der Waals surface area contributed by atoms with Crippen LogP contribution in [0.3, 0.4) is 0 Å². The number of rotatable bonds is 5. The van der Waals surface area contributed by atoms with Gasteiger partial charge in [0.05, 0.1) is 0 Å². The van der Waals surface area contributed by atoms with E-state index in [2.05, 4.69) is 61.6 Å². The summed E-state index contributed by atoms with van der Waals surface area (Å²) in [7, 11) is 0. The highest BCUT2D eigenvalue weighted by Crippen LogP contribution is 2.33. The normalized spacial score (nSPS) is 14.5. The zero-order valence-corrected chi connectivity index (χ0v) is 13.0. The summed E-state index contributed by atoms with van der Waals surface area (Å²) in [4.78, 5) is 2.72. The fraction of sp³-hybridized carbons (Fsp3) is 0.333. The van der Waals surface area contributed by atoms with Crippen molar-refractivity contribution in [1.82, 2.24) is 5.32 Å². The van der Waals surface area contributed by atoms with Crippen molar-refractivity contribution in [3.63, 3.8) is 0 Å². The maximum Gasteiger partial charge on any atom is 0.0219 e. The molecule has 0 atom stereocenters. The molecule has 20 heavy (non-hydrogen) atoms. The van der Waals surface area contributed by atoms with Crippen LogP contribution in [0.2, 0.25) is 0 Å². The van der Waals surface area contributed by atoms with Gasteiger partial charge in [-0.25, -0.2) is 0 Å². The van der Waals surface area contributed by atoms with Crippen LogP contribution in [0.5, 0.6) is 0 Å². The Morgan fingerprint density at radius 3 is 2.60 bits per heavy atom. The van der Waals surface area contributed by atoms with E-state index in [9.17, 15) is 0 Å². The van der Waals surface area contributed by atoms with Crippen LogP contribution < -0.4 is 5.32 Å². The lowest BCUT2D eigenvalue weighted by Crippen LogP contribution is -2.15. The highest BCUT2D eigenvalue weighted by atomic mass is 32.2. The zero-order valence-electron chi connectivity index (χ0n) is 12.1. The molecule has 1 N–H and O–H groups in total. The lowest BCUT2D eigenvalue weighted by molar-refractivity contribution is 0.680. The van der Waals surface area contributed by atoms with E-state index in [4.69, 9.17) is 0 Å². The Hall–Kier alpha value is -1.25. The molecule has 0 spiro atoms. The van der Waals surface area contributed by atoms with Crippen LogP contribution >= 0.6 is 11.8 Å². The Labute approximate surface area is 125 Å². The quantitative estimate of drug-likeness (QED) is 0.853. The number of aryl methyl sites for hydroxylation is 2. The number of benzene rings is 2. The highest BCUT2D eigenvalue weighted by molar-refractivity contribution is 7.99. The molecule has 0 heterocycles. The summed E-state index contributed by atoms with van der Waals surface area (Å²) in [5, 5.41) is 3.63.